The second kappa shape index (κ2) is 9.47. The molecule has 6 nitrogen and oxygen atoms in total. The van der Waals surface area contributed by atoms with Crippen molar-refractivity contribution in [3.05, 3.63) is 64.1 Å². The van der Waals surface area contributed by atoms with E-state index in [0.717, 1.165) is 24.3 Å². The number of ether oxygens (including phenoxy) is 1. The predicted molar refractivity (Wildman–Crippen MR) is 111 cm³/mol. The number of nitrogens with two attached hydrogens (primary N) is 1. The van der Waals surface area contributed by atoms with E-state index in [1.54, 1.807) is 6.07 Å². The topological polar surface area (TPSA) is 79.0 Å². The van der Waals surface area contributed by atoms with Gasteiger partial charge in [-0.3, -0.25) is 4.90 Å². The Morgan fingerprint density at radius 2 is 1.75 bits per heavy atom. The number of carbonyl (C=O) groups excluding carboxylic acids is 1. The molecule has 1 amide bonds. The van der Waals surface area contributed by atoms with Crippen molar-refractivity contribution in [2.45, 2.75) is 18.8 Å². The molecule has 1 heterocycles. The Kier molecular flexibility index (Phi) is 7.02. The lowest BCUT2D eigenvalue weighted by atomic mass is 10.0. The average molecular weight is 424 g/mol. The molecule has 8 heteroatoms. The third kappa shape index (κ3) is 5.29. The minimum atomic E-state index is -0.856. The van der Waals surface area contributed by atoms with Crippen molar-refractivity contribution in [2.24, 2.45) is 5.73 Å². The molecule has 28 heavy (non-hydrogen) atoms. The fourth-order valence-corrected chi connectivity index (χ4v) is 3.65. The first-order valence-electron chi connectivity index (χ1n) is 9.07. The zero-order valence-electron chi connectivity index (χ0n) is 15.3. The molecule has 2 aromatic rings. The summed E-state index contributed by atoms with van der Waals surface area (Å²) in [7, 11) is 0. The molecule has 150 valence electrons. The highest BCUT2D eigenvalue weighted by Crippen LogP contribution is 2.29. The van der Waals surface area contributed by atoms with E-state index in [1.807, 2.05) is 47.4 Å². The first-order valence-corrected chi connectivity index (χ1v) is 9.83. The number of rotatable bonds is 6. The summed E-state index contributed by atoms with van der Waals surface area (Å²) >= 11 is 12.1. The summed E-state index contributed by atoms with van der Waals surface area (Å²) in [5, 5.41) is 11.7. The van der Waals surface area contributed by atoms with E-state index in [9.17, 15) is 9.90 Å². The van der Waals surface area contributed by atoms with Crippen LogP contribution in [0.5, 0.6) is 0 Å². The van der Waals surface area contributed by atoms with Crippen molar-refractivity contribution in [3.63, 3.8) is 0 Å². The summed E-state index contributed by atoms with van der Waals surface area (Å²) in [6.45, 7) is 2.81. The average Bonchev–Trinajstić information content (AvgIpc) is 2.70. The number of benzene rings is 2. The van der Waals surface area contributed by atoms with Gasteiger partial charge >= 0.3 is 6.09 Å². The lowest BCUT2D eigenvalue weighted by Gasteiger charge is -2.39. The van der Waals surface area contributed by atoms with Crippen molar-refractivity contribution in [1.82, 2.24) is 4.90 Å². The van der Waals surface area contributed by atoms with Crippen molar-refractivity contribution in [2.75, 3.05) is 31.1 Å². The van der Waals surface area contributed by atoms with Gasteiger partial charge in [-0.1, -0.05) is 53.5 Å². The molecular formula is C20H23Cl2N3O3. The summed E-state index contributed by atoms with van der Waals surface area (Å²) in [5.41, 5.74) is 7.01. The molecule has 1 saturated heterocycles. The number of carbonyl (C=O) groups is 1. The van der Waals surface area contributed by atoms with Gasteiger partial charge in [0.05, 0.1) is 10.0 Å². The highest BCUT2D eigenvalue weighted by atomic mass is 35.5. The third-order valence-corrected chi connectivity index (χ3v) is 5.60. The molecule has 3 rings (SSSR count). The van der Waals surface area contributed by atoms with Gasteiger partial charge in [0, 0.05) is 38.3 Å². The summed E-state index contributed by atoms with van der Waals surface area (Å²) in [6.07, 6.45) is -1.95. The molecule has 0 aromatic heterocycles. The van der Waals surface area contributed by atoms with Crippen LogP contribution in [0.3, 0.4) is 0 Å². The first-order chi connectivity index (χ1) is 13.4. The van der Waals surface area contributed by atoms with Gasteiger partial charge in [0.1, 0.15) is 12.3 Å². The monoisotopic (exact) mass is 423 g/mol. The second-order valence-electron chi connectivity index (χ2n) is 6.67. The van der Waals surface area contributed by atoms with Crippen LogP contribution in [0.1, 0.15) is 18.1 Å². The molecule has 0 aliphatic carbocycles. The molecule has 1 aliphatic rings. The van der Waals surface area contributed by atoms with E-state index in [4.69, 9.17) is 33.7 Å². The minimum absolute atomic E-state index is 0.250. The molecule has 0 spiro atoms. The molecule has 2 unspecified atom stereocenters. The van der Waals surface area contributed by atoms with E-state index in [0.29, 0.717) is 23.1 Å². The quantitative estimate of drug-likeness (QED) is 0.740. The van der Waals surface area contributed by atoms with Crippen LogP contribution in [0, 0.1) is 0 Å². The normalized spacial score (nSPS) is 17.2. The summed E-state index contributed by atoms with van der Waals surface area (Å²) in [4.78, 5) is 15.4. The van der Waals surface area contributed by atoms with Crippen molar-refractivity contribution >= 4 is 35.0 Å². The third-order valence-electron chi connectivity index (χ3n) is 4.86. The maximum atomic E-state index is 11.3. The summed E-state index contributed by atoms with van der Waals surface area (Å²) in [5.74, 6) is 0. The largest absolute Gasteiger partial charge is 0.441 e. The Morgan fingerprint density at radius 3 is 2.36 bits per heavy atom. The number of halogens is 2. The molecule has 0 saturated carbocycles. The molecule has 0 radical (unpaired) electrons. The van der Waals surface area contributed by atoms with Crippen molar-refractivity contribution in [1.29, 1.82) is 0 Å². The van der Waals surface area contributed by atoms with Crippen LogP contribution in [0.15, 0.2) is 48.5 Å². The fraction of sp³-hybridized carbons (Fsp3) is 0.350. The van der Waals surface area contributed by atoms with Gasteiger partial charge in [0.2, 0.25) is 0 Å². The maximum Gasteiger partial charge on any atom is 0.405 e. The number of amides is 1. The van der Waals surface area contributed by atoms with E-state index >= 15 is 0 Å². The van der Waals surface area contributed by atoms with Gasteiger partial charge in [-0.2, -0.15) is 0 Å². The highest BCUT2D eigenvalue weighted by molar-refractivity contribution is 6.42. The SMILES string of the molecule is NC(=O)OC(CC(O)N1CCN(c2ccc(Cl)c(Cl)c2)CC1)c1ccccc1. The molecule has 2 aromatic carbocycles. The zero-order valence-corrected chi connectivity index (χ0v) is 16.8. The number of aliphatic hydroxyl groups is 1. The van der Waals surface area contributed by atoms with E-state index in [1.165, 1.54) is 0 Å². The van der Waals surface area contributed by atoms with E-state index < -0.39 is 18.4 Å². The molecular weight excluding hydrogens is 401 g/mol. The Balaban J connectivity index is 1.59. The maximum absolute atomic E-state index is 11.3. The predicted octanol–water partition coefficient (Wildman–Crippen LogP) is 3.66. The van der Waals surface area contributed by atoms with Crippen LogP contribution in [0.4, 0.5) is 10.5 Å². The van der Waals surface area contributed by atoms with Gasteiger partial charge in [-0.05, 0) is 23.8 Å². The lowest BCUT2D eigenvalue weighted by Crippen LogP contribution is -2.50. The number of aliphatic hydroxyl groups excluding tert-OH is 1. The van der Waals surface area contributed by atoms with Crippen LogP contribution >= 0.6 is 23.2 Å². The minimum Gasteiger partial charge on any atom is -0.441 e. The number of hydrogen-bond donors (Lipinski definition) is 2. The zero-order chi connectivity index (χ0) is 20.1. The van der Waals surface area contributed by atoms with Crippen LogP contribution in [0.2, 0.25) is 10.0 Å². The van der Waals surface area contributed by atoms with Gasteiger partial charge in [0.15, 0.2) is 0 Å². The Bertz CT molecular complexity index is 799. The Hall–Kier alpha value is -1.99. The smallest absolute Gasteiger partial charge is 0.405 e. The van der Waals surface area contributed by atoms with Crippen LogP contribution in [0.25, 0.3) is 0 Å². The standard InChI is InChI=1S/C20H23Cl2N3O3/c21-16-7-6-15(12-17(16)22)24-8-10-25(11-9-24)19(26)13-18(28-20(23)27)14-4-2-1-3-5-14/h1-7,12,18-19,26H,8-11,13H2,(H2,23,27). The number of anilines is 1. The number of nitrogens with zero attached hydrogens (tertiary/aromatic N) is 2. The molecule has 1 aliphatic heterocycles. The van der Waals surface area contributed by atoms with E-state index in [2.05, 4.69) is 4.90 Å². The van der Waals surface area contributed by atoms with Crippen LogP contribution in [-0.4, -0.2) is 48.5 Å². The van der Waals surface area contributed by atoms with Gasteiger partial charge in [-0.25, -0.2) is 4.79 Å². The fourth-order valence-electron chi connectivity index (χ4n) is 3.36. The highest BCUT2D eigenvalue weighted by Gasteiger charge is 2.27. The van der Waals surface area contributed by atoms with Crippen LogP contribution in [-0.2, 0) is 4.74 Å². The van der Waals surface area contributed by atoms with Gasteiger partial charge in [-0.15, -0.1) is 0 Å². The Morgan fingerprint density at radius 1 is 1.07 bits per heavy atom. The Labute approximate surface area is 174 Å². The summed E-state index contributed by atoms with van der Waals surface area (Å²) in [6, 6.07) is 14.9. The van der Waals surface area contributed by atoms with Crippen LogP contribution < -0.4 is 10.6 Å². The first kappa shape index (κ1) is 20.7. The molecule has 0 bridgehead atoms. The lowest BCUT2D eigenvalue weighted by molar-refractivity contribution is -0.0364. The summed E-state index contributed by atoms with van der Waals surface area (Å²) < 4.78 is 5.23. The number of primary amides is 1. The number of piperazine rings is 1. The van der Waals surface area contributed by atoms with Gasteiger partial charge < -0.3 is 20.5 Å². The molecule has 2 atom stereocenters. The van der Waals surface area contributed by atoms with Crippen molar-refractivity contribution in [3.8, 4) is 0 Å². The van der Waals surface area contributed by atoms with E-state index in [-0.39, 0.29) is 6.42 Å². The van der Waals surface area contributed by atoms with Crippen molar-refractivity contribution < 1.29 is 14.6 Å². The second-order valence-corrected chi connectivity index (χ2v) is 7.49. The molecule has 1 fully saturated rings. The molecule has 3 N–H and O–H groups in total. The van der Waals surface area contributed by atoms with Gasteiger partial charge in [0.25, 0.3) is 0 Å². The number of hydrogen-bond acceptors (Lipinski definition) is 5.